The Balaban J connectivity index is 1.55. The minimum Gasteiger partial charge on any atom is -0.349 e. The average molecular weight is 527 g/mol. The zero-order chi connectivity index (χ0) is 24.6. The number of benzene rings is 3. The highest BCUT2D eigenvalue weighted by Crippen LogP contribution is 2.58. The Kier molecular flexibility index (Phi) is 4.96. The fourth-order valence-electron chi connectivity index (χ4n) is 5.37. The van der Waals surface area contributed by atoms with Gasteiger partial charge in [0.15, 0.2) is 0 Å². The van der Waals surface area contributed by atoms with Crippen LogP contribution in [0.3, 0.4) is 0 Å². The number of hydrogen-bond acceptors (Lipinski definition) is 5. The van der Waals surface area contributed by atoms with Gasteiger partial charge in [-0.15, -0.1) is 0 Å². The van der Waals surface area contributed by atoms with Crippen molar-refractivity contribution in [3.63, 3.8) is 0 Å². The third kappa shape index (κ3) is 2.94. The molecule has 35 heavy (non-hydrogen) atoms. The van der Waals surface area contributed by atoms with Crippen LogP contribution in [0, 0.1) is 11.8 Å². The Morgan fingerprint density at radius 1 is 0.743 bits per heavy atom. The number of rotatable bonds is 2. The van der Waals surface area contributed by atoms with Crippen molar-refractivity contribution >= 4 is 63.9 Å². The van der Waals surface area contributed by atoms with Crippen molar-refractivity contribution in [2.24, 2.45) is 11.8 Å². The van der Waals surface area contributed by atoms with Gasteiger partial charge in [-0.2, -0.15) is 0 Å². The molecule has 174 valence electrons. The molecule has 3 atom stereocenters. The van der Waals surface area contributed by atoms with E-state index in [9.17, 15) is 19.2 Å². The quantitative estimate of drug-likeness (QED) is 0.333. The Labute approximate surface area is 214 Å². The summed E-state index contributed by atoms with van der Waals surface area (Å²) >= 11 is 18.4. The number of fused-ring (bicyclic) bond motifs is 3. The molecule has 2 amide bonds. The van der Waals surface area contributed by atoms with Crippen molar-refractivity contribution in [2.45, 2.75) is 11.7 Å². The van der Waals surface area contributed by atoms with Crippen LogP contribution in [0.15, 0.2) is 66.7 Å². The molecule has 2 saturated heterocycles. The lowest BCUT2D eigenvalue weighted by molar-refractivity contribution is -0.127. The van der Waals surface area contributed by atoms with E-state index in [1.807, 2.05) is 0 Å². The lowest BCUT2D eigenvalue weighted by atomic mass is 9.77. The highest BCUT2D eigenvalue weighted by molar-refractivity contribution is 6.40. The molecule has 3 aliphatic rings. The van der Waals surface area contributed by atoms with Gasteiger partial charge < -0.3 is 4.74 Å². The van der Waals surface area contributed by atoms with Crippen LogP contribution in [0.2, 0.25) is 15.1 Å². The van der Waals surface area contributed by atoms with Crippen molar-refractivity contribution in [2.75, 3.05) is 4.90 Å². The monoisotopic (exact) mass is 525 g/mol. The van der Waals surface area contributed by atoms with Crippen LogP contribution in [0.25, 0.3) is 0 Å². The van der Waals surface area contributed by atoms with Crippen molar-refractivity contribution in [1.29, 1.82) is 0 Å². The first kappa shape index (κ1) is 22.4. The summed E-state index contributed by atoms with van der Waals surface area (Å²) in [7, 11) is 0. The van der Waals surface area contributed by atoms with E-state index >= 15 is 0 Å². The van der Waals surface area contributed by atoms with Gasteiger partial charge in [0.05, 0.1) is 28.6 Å². The van der Waals surface area contributed by atoms with E-state index in [0.29, 0.717) is 15.6 Å². The number of nitrogens with zero attached hydrogens (tertiary/aromatic N) is 1. The lowest BCUT2D eigenvalue weighted by Gasteiger charge is -2.27. The number of halogens is 3. The van der Waals surface area contributed by atoms with Crippen LogP contribution in [0.1, 0.15) is 32.4 Å². The number of ketones is 2. The lowest BCUT2D eigenvalue weighted by Crippen LogP contribution is -2.51. The molecule has 0 bridgehead atoms. The van der Waals surface area contributed by atoms with Gasteiger partial charge in [0, 0.05) is 21.2 Å². The molecule has 2 heterocycles. The van der Waals surface area contributed by atoms with E-state index in [2.05, 4.69) is 0 Å². The average Bonchev–Trinajstić information content (AvgIpc) is 3.40. The maximum Gasteiger partial charge on any atom is 0.241 e. The summed E-state index contributed by atoms with van der Waals surface area (Å²) in [6.07, 6.45) is -1.04. The number of Topliss-reactive ketones (excluding diaryl/α,β-unsaturated/α-hetero) is 2. The highest BCUT2D eigenvalue weighted by Gasteiger charge is 2.74. The van der Waals surface area contributed by atoms with E-state index in [1.54, 1.807) is 36.4 Å². The van der Waals surface area contributed by atoms with E-state index in [1.165, 1.54) is 30.3 Å². The summed E-state index contributed by atoms with van der Waals surface area (Å²) in [6, 6.07) is 17.2. The van der Waals surface area contributed by atoms with Crippen LogP contribution in [0.4, 0.5) is 5.69 Å². The third-order valence-electron chi connectivity index (χ3n) is 6.87. The predicted octanol–water partition coefficient (Wildman–Crippen LogP) is 5.34. The molecule has 2 aliphatic heterocycles. The molecule has 1 aliphatic carbocycles. The third-order valence-corrected chi connectivity index (χ3v) is 7.66. The Bertz CT molecular complexity index is 1430. The molecule has 6 rings (SSSR count). The summed E-state index contributed by atoms with van der Waals surface area (Å²) in [5.41, 5.74) is -1.18. The van der Waals surface area contributed by atoms with Gasteiger partial charge in [-0.1, -0.05) is 71.2 Å². The maximum atomic E-state index is 13.9. The normalized spacial score (nSPS) is 24.4. The number of amides is 2. The summed E-state index contributed by atoms with van der Waals surface area (Å²) in [6.45, 7) is 0. The van der Waals surface area contributed by atoms with Crippen LogP contribution in [0.5, 0.6) is 0 Å². The molecule has 0 aromatic heterocycles. The van der Waals surface area contributed by atoms with Crippen molar-refractivity contribution in [3.8, 4) is 0 Å². The molecule has 0 unspecified atom stereocenters. The van der Waals surface area contributed by atoms with E-state index in [-0.39, 0.29) is 21.8 Å². The Morgan fingerprint density at radius 3 is 1.94 bits per heavy atom. The summed E-state index contributed by atoms with van der Waals surface area (Å²) in [4.78, 5) is 56.0. The minimum absolute atomic E-state index is 0.0875. The van der Waals surface area contributed by atoms with Gasteiger partial charge in [0.1, 0.15) is 0 Å². The van der Waals surface area contributed by atoms with Gasteiger partial charge in [0.2, 0.25) is 29.0 Å². The number of carbonyl (C=O) groups is 4. The van der Waals surface area contributed by atoms with Crippen molar-refractivity contribution in [3.05, 3.63) is 98.5 Å². The molecule has 0 radical (unpaired) electrons. The van der Waals surface area contributed by atoms with Crippen LogP contribution < -0.4 is 4.90 Å². The van der Waals surface area contributed by atoms with E-state index in [0.717, 1.165) is 4.90 Å². The number of carbonyl (C=O) groups excluding carboxylic acids is 4. The molecule has 0 saturated carbocycles. The van der Waals surface area contributed by atoms with Crippen LogP contribution in [-0.2, 0) is 14.3 Å². The van der Waals surface area contributed by atoms with Gasteiger partial charge in [0.25, 0.3) is 0 Å². The zero-order valence-electron chi connectivity index (χ0n) is 17.7. The second-order valence-corrected chi connectivity index (χ2v) is 9.92. The first-order chi connectivity index (χ1) is 16.8. The van der Waals surface area contributed by atoms with Gasteiger partial charge >= 0.3 is 0 Å². The van der Waals surface area contributed by atoms with Gasteiger partial charge in [-0.05, 0) is 35.9 Å². The summed E-state index contributed by atoms with van der Waals surface area (Å²) < 4.78 is 6.22. The SMILES string of the molecule is O=C1[C@@H]2[C@@H](c3ccc(Cl)cc3)OC3(C(=O)c4ccccc4C3=O)[C@H]2C(=O)N1c1ccc(Cl)cc1Cl. The van der Waals surface area contributed by atoms with E-state index < -0.39 is 46.9 Å². The number of anilines is 1. The van der Waals surface area contributed by atoms with Gasteiger partial charge in [-0.25, -0.2) is 4.90 Å². The fourth-order valence-corrected chi connectivity index (χ4v) is 5.99. The number of imide groups is 1. The largest absolute Gasteiger partial charge is 0.349 e. The molecule has 3 aromatic rings. The van der Waals surface area contributed by atoms with Gasteiger partial charge in [-0.3, -0.25) is 19.2 Å². The molecule has 2 fully saturated rings. The minimum atomic E-state index is -2.15. The summed E-state index contributed by atoms with van der Waals surface area (Å²) in [5, 5.41) is 0.875. The van der Waals surface area contributed by atoms with Crippen LogP contribution in [-0.4, -0.2) is 29.0 Å². The van der Waals surface area contributed by atoms with E-state index in [4.69, 9.17) is 39.5 Å². The zero-order valence-corrected chi connectivity index (χ0v) is 20.0. The molecule has 9 heteroatoms. The molecule has 6 nitrogen and oxygen atoms in total. The maximum absolute atomic E-state index is 13.9. The topological polar surface area (TPSA) is 80.8 Å². The molecule has 3 aromatic carbocycles. The molecule has 0 N–H and O–H groups in total. The van der Waals surface area contributed by atoms with Crippen molar-refractivity contribution < 1.29 is 23.9 Å². The molecule has 1 spiro atoms. The smallest absolute Gasteiger partial charge is 0.241 e. The first-order valence-electron chi connectivity index (χ1n) is 10.7. The Hall–Kier alpha value is -3.03. The summed E-state index contributed by atoms with van der Waals surface area (Å²) in [5.74, 6) is -5.09. The predicted molar refractivity (Wildman–Crippen MR) is 129 cm³/mol. The first-order valence-corrected chi connectivity index (χ1v) is 11.8. The Morgan fingerprint density at radius 2 is 1.34 bits per heavy atom. The fraction of sp³-hybridized carbons (Fsp3) is 0.154. The molecular weight excluding hydrogens is 513 g/mol. The second kappa shape index (κ2) is 7.73. The van der Waals surface area contributed by atoms with Crippen molar-refractivity contribution in [1.82, 2.24) is 0 Å². The number of ether oxygens (including phenoxy) is 1. The second-order valence-electron chi connectivity index (χ2n) is 8.64. The standard InChI is InChI=1S/C26H14Cl3NO5/c27-13-7-5-12(6-8-13)21-19-20(25(34)30(24(19)33)18-10-9-14(28)11-17(18)29)26(35-21)22(31)15-3-1-2-4-16(15)23(26)32/h1-11,19-21H/t19-,20+,21+/m0/s1. The van der Waals surface area contributed by atoms with Crippen LogP contribution >= 0.6 is 34.8 Å². The number of hydrogen-bond donors (Lipinski definition) is 0. The highest BCUT2D eigenvalue weighted by atomic mass is 35.5. The molecular formula is C26H14Cl3NO5.